The van der Waals surface area contributed by atoms with Crippen molar-refractivity contribution in [2.45, 2.75) is 126 Å². The molecule has 3 rings (SSSR count). The Morgan fingerprint density at radius 1 is 0.792 bits per heavy atom. The molecule has 0 bridgehead atoms. The van der Waals surface area contributed by atoms with E-state index in [2.05, 4.69) is 6.92 Å². The Balaban J connectivity index is 1.80. The van der Waals surface area contributed by atoms with Gasteiger partial charge in [-0.3, -0.25) is 4.79 Å². The molecule has 0 aliphatic heterocycles. The predicted molar refractivity (Wildman–Crippen MR) is 103 cm³/mol. The van der Waals surface area contributed by atoms with Crippen molar-refractivity contribution in [2.75, 3.05) is 0 Å². The molecule has 3 aliphatic carbocycles. The molecule has 138 valence electrons. The van der Waals surface area contributed by atoms with Crippen LogP contribution in [0.2, 0.25) is 16.6 Å². The topological polar surface area (TPSA) is 26.3 Å². The molecule has 0 aromatic heterocycles. The number of carbonyl (C=O) groups is 1. The van der Waals surface area contributed by atoms with E-state index in [0.29, 0.717) is 6.42 Å². The molecule has 0 atom stereocenters. The third-order valence-corrected chi connectivity index (χ3v) is 13.4. The van der Waals surface area contributed by atoms with Gasteiger partial charge in [-0.05, 0) is 61.6 Å². The van der Waals surface area contributed by atoms with E-state index in [9.17, 15) is 4.79 Å². The minimum Gasteiger partial charge on any atom is -0.518 e. The van der Waals surface area contributed by atoms with Crippen LogP contribution in [0.3, 0.4) is 0 Å². The molecule has 0 spiro atoms. The second-order valence-corrected chi connectivity index (χ2v) is 13.1. The maximum atomic E-state index is 12.8. The molecule has 0 N–H and O–H groups in total. The molecule has 0 radical (unpaired) electrons. The summed E-state index contributed by atoms with van der Waals surface area (Å²) in [6.07, 6.45) is 20.5. The Morgan fingerprint density at radius 2 is 1.21 bits per heavy atom. The van der Waals surface area contributed by atoms with E-state index in [-0.39, 0.29) is 5.97 Å². The third kappa shape index (κ3) is 3.92. The van der Waals surface area contributed by atoms with Crippen LogP contribution in [0.5, 0.6) is 0 Å². The number of unbranched alkanes of at least 4 members (excludes halogenated alkanes) is 2. The normalized spacial score (nSPS) is 24.0. The molecule has 0 saturated heterocycles. The van der Waals surface area contributed by atoms with E-state index in [1.165, 1.54) is 89.9 Å². The van der Waals surface area contributed by atoms with Gasteiger partial charge in [-0.2, -0.15) is 0 Å². The minimum atomic E-state index is -1.97. The maximum Gasteiger partial charge on any atom is 0.292 e. The fourth-order valence-electron chi connectivity index (χ4n) is 6.15. The molecule has 0 heterocycles. The Morgan fingerprint density at radius 3 is 1.58 bits per heavy atom. The second-order valence-electron chi connectivity index (χ2n) is 8.73. The van der Waals surface area contributed by atoms with Crippen LogP contribution in [-0.2, 0) is 9.22 Å². The van der Waals surface area contributed by atoms with Crippen molar-refractivity contribution in [1.29, 1.82) is 0 Å². The van der Waals surface area contributed by atoms with Crippen molar-refractivity contribution < 1.29 is 9.22 Å². The highest BCUT2D eigenvalue weighted by Gasteiger charge is 2.58. The molecule has 3 saturated carbocycles. The van der Waals surface area contributed by atoms with E-state index in [4.69, 9.17) is 4.43 Å². The Kier molecular flexibility index (Phi) is 6.83. The van der Waals surface area contributed by atoms with Crippen molar-refractivity contribution in [3.8, 4) is 0 Å². The van der Waals surface area contributed by atoms with Gasteiger partial charge in [-0.15, -0.1) is 0 Å². The molecule has 3 fully saturated rings. The molecular formula is C21H38O2Si. The van der Waals surface area contributed by atoms with Gasteiger partial charge in [0.05, 0.1) is 0 Å². The van der Waals surface area contributed by atoms with Crippen molar-refractivity contribution in [1.82, 2.24) is 0 Å². The monoisotopic (exact) mass is 350 g/mol. The van der Waals surface area contributed by atoms with Crippen LogP contribution in [-0.4, -0.2) is 14.3 Å². The number of rotatable bonds is 8. The quantitative estimate of drug-likeness (QED) is 0.352. The molecule has 2 nitrogen and oxygen atoms in total. The summed E-state index contributed by atoms with van der Waals surface area (Å²) in [5, 5.41) is 0. The van der Waals surface area contributed by atoms with Crippen LogP contribution in [0.1, 0.15) is 110 Å². The van der Waals surface area contributed by atoms with Crippen LogP contribution in [0, 0.1) is 0 Å². The summed E-state index contributed by atoms with van der Waals surface area (Å²) in [6, 6.07) is 0. The number of hydrogen-bond acceptors (Lipinski definition) is 2. The van der Waals surface area contributed by atoms with Crippen LogP contribution in [0.15, 0.2) is 0 Å². The first-order valence-electron chi connectivity index (χ1n) is 11.0. The highest BCUT2D eigenvalue weighted by Crippen LogP contribution is 2.59. The predicted octanol–water partition coefficient (Wildman–Crippen LogP) is 6.89. The minimum absolute atomic E-state index is 0.181. The number of carbonyl (C=O) groups excluding carboxylic acids is 1. The molecule has 3 heteroatoms. The average Bonchev–Trinajstić information content (AvgIpc) is 3.37. The number of hydrogen-bond donors (Lipinski definition) is 0. The van der Waals surface area contributed by atoms with Crippen LogP contribution in [0.25, 0.3) is 0 Å². The molecule has 0 aromatic carbocycles. The summed E-state index contributed by atoms with van der Waals surface area (Å²) in [4.78, 5) is 12.8. The van der Waals surface area contributed by atoms with Crippen molar-refractivity contribution in [2.24, 2.45) is 0 Å². The van der Waals surface area contributed by atoms with Gasteiger partial charge in [0, 0.05) is 6.42 Å². The lowest BCUT2D eigenvalue weighted by Gasteiger charge is -2.45. The summed E-state index contributed by atoms with van der Waals surface area (Å²) in [5.41, 5.74) is 2.37. The summed E-state index contributed by atoms with van der Waals surface area (Å²) in [6.45, 7) is 2.21. The van der Waals surface area contributed by atoms with Crippen molar-refractivity contribution in [3.05, 3.63) is 0 Å². The van der Waals surface area contributed by atoms with Gasteiger partial charge >= 0.3 is 0 Å². The zero-order chi connectivity index (χ0) is 16.8. The van der Waals surface area contributed by atoms with Gasteiger partial charge in [0.25, 0.3) is 14.3 Å². The Labute approximate surface area is 150 Å². The zero-order valence-corrected chi connectivity index (χ0v) is 16.9. The van der Waals surface area contributed by atoms with Crippen LogP contribution < -0.4 is 0 Å². The molecule has 0 unspecified atom stereocenters. The van der Waals surface area contributed by atoms with E-state index in [0.717, 1.165) is 23.0 Å². The van der Waals surface area contributed by atoms with E-state index >= 15 is 0 Å². The summed E-state index contributed by atoms with van der Waals surface area (Å²) in [5.74, 6) is 0.181. The standard InChI is InChI=1S/C21H38O2Si/c1-2-3-4-17-21(22)23-24(18-11-5-6-12-18,19-13-7-8-14-19)20-15-9-10-16-20/h18-20H,2-17H2,1H3. The SMILES string of the molecule is CCCCCC(=O)O[Si](C1CCCC1)(C1CCCC1)C1CCCC1. The lowest BCUT2D eigenvalue weighted by molar-refractivity contribution is -0.136. The first-order valence-corrected chi connectivity index (χ1v) is 13.1. The van der Waals surface area contributed by atoms with Gasteiger partial charge in [0.1, 0.15) is 0 Å². The Bertz CT molecular complexity index is 350. The molecule has 0 amide bonds. The molecule has 24 heavy (non-hydrogen) atoms. The maximum absolute atomic E-state index is 12.8. The first kappa shape index (κ1) is 18.5. The first-order chi connectivity index (χ1) is 11.8. The van der Waals surface area contributed by atoms with E-state index in [1.807, 2.05) is 0 Å². The average molecular weight is 351 g/mol. The lowest BCUT2D eigenvalue weighted by atomic mass is 10.2. The second kappa shape index (κ2) is 8.87. The van der Waals surface area contributed by atoms with Gasteiger partial charge < -0.3 is 4.43 Å². The molecular weight excluding hydrogens is 312 g/mol. The Hall–Kier alpha value is -0.313. The zero-order valence-electron chi connectivity index (χ0n) is 15.9. The molecule has 0 aromatic rings. The fraction of sp³-hybridized carbons (Fsp3) is 0.952. The summed E-state index contributed by atoms with van der Waals surface area (Å²) >= 11 is 0. The summed E-state index contributed by atoms with van der Waals surface area (Å²) in [7, 11) is -1.97. The van der Waals surface area contributed by atoms with E-state index < -0.39 is 8.32 Å². The van der Waals surface area contributed by atoms with E-state index in [1.54, 1.807) is 0 Å². The van der Waals surface area contributed by atoms with Crippen LogP contribution >= 0.6 is 0 Å². The van der Waals surface area contributed by atoms with Crippen molar-refractivity contribution in [3.63, 3.8) is 0 Å². The lowest BCUT2D eigenvalue weighted by Crippen LogP contribution is -2.52. The third-order valence-electron chi connectivity index (χ3n) is 7.25. The van der Waals surface area contributed by atoms with Gasteiger partial charge in [0.15, 0.2) is 0 Å². The van der Waals surface area contributed by atoms with Gasteiger partial charge in [-0.25, -0.2) is 0 Å². The fourth-order valence-corrected chi connectivity index (χ4v) is 13.1. The van der Waals surface area contributed by atoms with Gasteiger partial charge in [0.2, 0.25) is 0 Å². The smallest absolute Gasteiger partial charge is 0.292 e. The largest absolute Gasteiger partial charge is 0.518 e. The highest BCUT2D eigenvalue weighted by molar-refractivity contribution is 6.79. The van der Waals surface area contributed by atoms with Crippen LogP contribution in [0.4, 0.5) is 0 Å². The highest BCUT2D eigenvalue weighted by atomic mass is 28.4. The summed E-state index contributed by atoms with van der Waals surface area (Å²) < 4.78 is 6.74. The van der Waals surface area contributed by atoms with Gasteiger partial charge in [-0.1, -0.05) is 58.3 Å². The molecule has 3 aliphatic rings. The van der Waals surface area contributed by atoms with Crippen molar-refractivity contribution >= 4 is 14.3 Å².